The van der Waals surface area contributed by atoms with E-state index in [4.69, 9.17) is 10.5 Å². The average molecular weight is 165 g/mol. The van der Waals surface area contributed by atoms with Gasteiger partial charge in [0.05, 0.1) is 6.61 Å². The second-order valence-corrected chi connectivity index (χ2v) is 2.07. The Bertz CT molecular complexity index is 286. The van der Waals surface area contributed by atoms with Crippen LogP contribution in [0.15, 0.2) is 18.3 Å². The lowest BCUT2D eigenvalue weighted by molar-refractivity contribution is 0.0996. The molecule has 1 radical (unpaired) electrons. The number of hydrogen-bond donors (Lipinski definition) is 1. The van der Waals surface area contributed by atoms with Crippen molar-refractivity contribution in [3.63, 3.8) is 0 Å². The number of rotatable bonds is 3. The smallest absolute Gasteiger partial charge is 0.254 e. The van der Waals surface area contributed by atoms with Crippen LogP contribution in [0.5, 0.6) is 5.88 Å². The van der Waals surface area contributed by atoms with Crippen molar-refractivity contribution < 1.29 is 9.53 Å². The van der Waals surface area contributed by atoms with Crippen molar-refractivity contribution >= 4 is 5.91 Å². The fourth-order valence-electron chi connectivity index (χ4n) is 0.790. The number of nitrogens with zero attached hydrogens (tertiary/aromatic N) is 1. The van der Waals surface area contributed by atoms with E-state index in [1.807, 2.05) is 0 Å². The third-order valence-electron chi connectivity index (χ3n) is 1.28. The highest BCUT2D eigenvalue weighted by atomic mass is 16.5. The summed E-state index contributed by atoms with van der Waals surface area (Å²) in [4.78, 5) is 14.6. The van der Waals surface area contributed by atoms with Crippen molar-refractivity contribution in [1.82, 2.24) is 4.98 Å². The van der Waals surface area contributed by atoms with E-state index in [1.54, 1.807) is 12.1 Å². The Kier molecular flexibility index (Phi) is 2.63. The van der Waals surface area contributed by atoms with Crippen LogP contribution in [0.4, 0.5) is 0 Å². The van der Waals surface area contributed by atoms with Crippen LogP contribution in [-0.2, 0) is 0 Å². The molecule has 0 aromatic carbocycles. The molecule has 1 aromatic heterocycles. The van der Waals surface area contributed by atoms with E-state index in [0.717, 1.165) is 0 Å². The Balaban J connectivity index is 3.00. The first-order valence-corrected chi connectivity index (χ1v) is 3.42. The summed E-state index contributed by atoms with van der Waals surface area (Å²) in [7, 11) is 0. The first-order chi connectivity index (χ1) is 5.75. The Morgan fingerprint density at radius 2 is 2.50 bits per heavy atom. The Morgan fingerprint density at radius 3 is 3.08 bits per heavy atom. The predicted molar refractivity (Wildman–Crippen MR) is 43.6 cm³/mol. The molecular weight excluding hydrogens is 156 g/mol. The number of pyridine rings is 1. The van der Waals surface area contributed by atoms with Crippen LogP contribution >= 0.6 is 0 Å². The van der Waals surface area contributed by atoms with E-state index in [2.05, 4.69) is 11.9 Å². The molecule has 0 unspecified atom stereocenters. The molecule has 0 aliphatic rings. The molecule has 4 heteroatoms. The minimum Gasteiger partial charge on any atom is -0.477 e. The molecule has 0 saturated heterocycles. The number of hydrogen-bond acceptors (Lipinski definition) is 3. The van der Waals surface area contributed by atoms with Gasteiger partial charge in [-0.3, -0.25) is 4.79 Å². The van der Waals surface area contributed by atoms with E-state index < -0.39 is 5.91 Å². The van der Waals surface area contributed by atoms with E-state index >= 15 is 0 Å². The fraction of sp³-hybridized carbons (Fsp3) is 0.125. The zero-order chi connectivity index (χ0) is 8.97. The summed E-state index contributed by atoms with van der Waals surface area (Å²) in [6, 6.07) is 3.18. The third kappa shape index (κ3) is 1.72. The first kappa shape index (κ1) is 8.52. The number of ether oxygens (including phenoxy) is 1. The summed E-state index contributed by atoms with van der Waals surface area (Å²) >= 11 is 0. The summed E-state index contributed by atoms with van der Waals surface area (Å²) in [5, 5.41) is 0. The van der Waals surface area contributed by atoms with Gasteiger partial charge in [-0.1, -0.05) is 0 Å². The minimum absolute atomic E-state index is 0.220. The van der Waals surface area contributed by atoms with Crippen LogP contribution in [0, 0.1) is 6.92 Å². The van der Waals surface area contributed by atoms with Gasteiger partial charge in [0.25, 0.3) is 5.91 Å². The van der Waals surface area contributed by atoms with Gasteiger partial charge in [-0.25, -0.2) is 4.98 Å². The molecule has 4 nitrogen and oxygen atoms in total. The maximum Gasteiger partial charge on any atom is 0.254 e. The number of primary amides is 1. The number of nitrogens with two attached hydrogens (primary N) is 1. The zero-order valence-electron chi connectivity index (χ0n) is 6.49. The van der Waals surface area contributed by atoms with Gasteiger partial charge in [0.15, 0.2) is 0 Å². The molecule has 1 heterocycles. The normalized spacial score (nSPS) is 9.42. The van der Waals surface area contributed by atoms with Gasteiger partial charge in [0.1, 0.15) is 5.56 Å². The van der Waals surface area contributed by atoms with Gasteiger partial charge in [0.2, 0.25) is 5.88 Å². The molecule has 1 amide bonds. The number of carbonyl (C=O) groups excluding carboxylic acids is 1. The molecule has 12 heavy (non-hydrogen) atoms. The second-order valence-electron chi connectivity index (χ2n) is 2.07. The van der Waals surface area contributed by atoms with E-state index in [1.165, 1.54) is 6.20 Å². The first-order valence-electron chi connectivity index (χ1n) is 3.42. The van der Waals surface area contributed by atoms with Crippen LogP contribution in [0.1, 0.15) is 10.4 Å². The van der Waals surface area contributed by atoms with Crippen LogP contribution in [-0.4, -0.2) is 17.5 Å². The monoisotopic (exact) mass is 165 g/mol. The summed E-state index contributed by atoms with van der Waals surface area (Å²) in [5.41, 5.74) is 5.34. The van der Waals surface area contributed by atoms with Crippen molar-refractivity contribution in [2.24, 2.45) is 5.73 Å². The summed E-state index contributed by atoms with van der Waals surface area (Å²) in [5.74, 6) is -0.313. The van der Waals surface area contributed by atoms with Crippen LogP contribution in [0.25, 0.3) is 0 Å². The second kappa shape index (κ2) is 3.71. The Hall–Kier alpha value is -1.58. The van der Waals surface area contributed by atoms with Gasteiger partial charge >= 0.3 is 0 Å². The molecular formula is C8H9N2O2. The van der Waals surface area contributed by atoms with Crippen molar-refractivity contribution in [2.45, 2.75) is 0 Å². The Morgan fingerprint density at radius 1 is 1.75 bits per heavy atom. The summed E-state index contributed by atoms with van der Waals surface area (Å²) < 4.78 is 4.98. The van der Waals surface area contributed by atoms with Crippen molar-refractivity contribution in [3.05, 3.63) is 30.8 Å². The lowest BCUT2D eigenvalue weighted by Gasteiger charge is -2.04. The largest absolute Gasteiger partial charge is 0.477 e. The Labute approximate surface area is 70.4 Å². The molecule has 0 atom stereocenters. The van der Waals surface area contributed by atoms with E-state index in [9.17, 15) is 4.79 Å². The van der Waals surface area contributed by atoms with Crippen molar-refractivity contribution in [1.29, 1.82) is 0 Å². The molecule has 2 N–H and O–H groups in total. The van der Waals surface area contributed by atoms with Crippen molar-refractivity contribution in [2.75, 3.05) is 6.61 Å². The van der Waals surface area contributed by atoms with Gasteiger partial charge in [-0.15, -0.1) is 0 Å². The maximum absolute atomic E-state index is 10.8. The molecule has 0 spiro atoms. The summed E-state index contributed by atoms with van der Waals surface area (Å²) in [6.45, 7) is 3.69. The predicted octanol–water partition coefficient (Wildman–Crippen LogP) is 0.393. The van der Waals surface area contributed by atoms with E-state index in [-0.39, 0.29) is 18.1 Å². The number of aromatic nitrogens is 1. The molecule has 63 valence electrons. The van der Waals surface area contributed by atoms with Crippen molar-refractivity contribution in [3.8, 4) is 5.88 Å². The fourth-order valence-corrected chi connectivity index (χ4v) is 0.790. The third-order valence-corrected chi connectivity index (χ3v) is 1.28. The lowest BCUT2D eigenvalue weighted by atomic mass is 10.2. The quantitative estimate of drug-likeness (QED) is 0.704. The zero-order valence-corrected chi connectivity index (χ0v) is 6.49. The number of carbonyl (C=O) groups is 1. The molecule has 1 aromatic rings. The highest BCUT2D eigenvalue weighted by molar-refractivity contribution is 5.94. The molecule has 0 aliphatic carbocycles. The van der Waals surface area contributed by atoms with Crippen LogP contribution in [0.3, 0.4) is 0 Å². The maximum atomic E-state index is 10.8. The summed E-state index contributed by atoms with van der Waals surface area (Å²) in [6.07, 6.45) is 1.53. The molecule has 0 aliphatic heterocycles. The minimum atomic E-state index is -0.549. The number of amides is 1. The topological polar surface area (TPSA) is 65.2 Å². The molecule has 0 saturated carbocycles. The van der Waals surface area contributed by atoms with Gasteiger partial charge in [-0.2, -0.15) is 0 Å². The van der Waals surface area contributed by atoms with Crippen LogP contribution in [0.2, 0.25) is 0 Å². The van der Waals surface area contributed by atoms with Gasteiger partial charge in [0, 0.05) is 6.20 Å². The standard InChI is InChI=1S/C8H9N2O2/c1-2-12-8-6(7(9)11)4-3-5-10-8/h3-5H,1-2H2,(H2,9,11). The molecule has 0 bridgehead atoms. The SMILES string of the molecule is [CH2]COc1ncccc1C(N)=O. The highest BCUT2D eigenvalue weighted by Gasteiger charge is 2.08. The van der Waals surface area contributed by atoms with Gasteiger partial charge in [-0.05, 0) is 19.1 Å². The van der Waals surface area contributed by atoms with Crippen LogP contribution < -0.4 is 10.5 Å². The average Bonchev–Trinajstić information content (AvgIpc) is 2.05. The lowest BCUT2D eigenvalue weighted by Crippen LogP contribution is -2.13. The molecule has 0 fully saturated rings. The van der Waals surface area contributed by atoms with Gasteiger partial charge < -0.3 is 10.5 Å². The molecule has 1 rings (SSSR count). The van der Waals surface area contributed by atoms with E-state index in [0.29, 0.717) is 0 Å². The highest BCUT2D eigenvalue weighted by Crippen LogP contribution is 2.12.